The van der Waals surface area contributed by atoms with Gasteiger partial charge in [-0.3, -0.25) is 4.79 Å². The maximum Gasteiger partial charge on any atom is 0.312 e. The van der Waals surface area contributed by atoms with Crippen molar-refractivity contribution in [1.29, 1.82) is 0 Å². The summed E-state index contributed by atoms with van der Waals surface area (Å²) in [6.07, 6.45) is 5.25. The number of hydrogen-bond donors (Lipinski definition) is 1. The van der Waals surface area contributed by atoms with Crippen LogP contribution in [0.3, 0.4) is 0 Å². The summed E-state index contributed by atoms with van der Waals surface area (Å²) in [4.78, 5) is 11.3. The number of hydrogen-bond acceptors (Lipinski definition) is 4. The van der Waals surface area contributed by atoms with Crippen LogP contribution in [-0.4, -0.2) is 18.2 Å². The second-order valence-electron chi connectivity index (χ2n) is 4.27. The predicted molar refractivity (Wildman–Crippen MR) is 77.1 cm³/mol. The van der Waals surface area contributed by atoms with Crippen LogP contribution < -0.4 is 4.74 Å². The van der Waals surface area contributed by atoms with Crippen molar-refractivity contribution in [3.8, 4) is 5.75 Å². The second kappa shape index (κ2) is 8.17. The molecule has 4 heteroatoms. The standard InChI is InChI=1S/C16H20O4/c1-4-14(9-8-12(2)16(18)19-3)20-15-7-5-6-13(10-15)11-17/h4-10,12,17H,11H2,1-3H3/b9-8-,14-4+. The zero-order valence-electron chi connectivity index (χ0n) is 12.0. The van der Waals surface area contributed by atoms with Crippen molar-refractivity contribution in [1.82, 2.24) is 0 Å². The summed E-state index contributed by atoms with van der Waals surface area (Å²) in [6.45, 7) is 3.57. The Morgan fingerprint density at radius 2 is 2.20 bits per heavy atom. The maximum atomic E-state index is 11.3. The molecule has 1 unspecified atom stereocenters. The summed E-state index contributed by atoms with van der Waals surface area (Å²) >= 11 is 0. The molecule has 0 aliphatic heterocycles. The number of esters is 1. The molecule has 1 atom stereocenters. The highest BCUT2D eigenvalue weighted by molar-refractivity contribution is 5.73. The van der Waals surface area contributed by atoms with Crippen LogP contribution in [-0.2, 0) is 16.1 Å². The number of aliphatic hydroxyl groups excluding tert-OH is 1. The van der Waals surface area contributed by atoms with Gasteiger partial charge in [0.2, 0.25) is 0 Å². The van der Waals surface area contributed by atoms with E-state index in [1.165, 1.54) is 7.11 Å². The number of ether oxygens (including phenoxy) is 2. The van der Waals surface area contributed by atoms with E-state index in [0.717, 1.165) is 5.56 Å². The molecule has 1 N–H and O–H groups in total. The van der Waals surface area contributed by atoms with E-state index >= 15 is 0 Å². The molecule has 0 heterocycles. The van der Waals surface area contributed by atoms with Crippen molar-refractivity contribution in [2.45, 2.75) is 20.5 Å². The Morgan fingerprint density at radius 3 is 2.80 bits per heavy atom. The van der Waals surface area contributed by atoms with Gasteiger partial charge in [0.25, 0.3) is 0 Å². The van der Waals surface area contributed by atoms with Gasteiger partial charge in [-0.1, -0.05) is 18.2 Å². The minimum Gasteiger partial charge on any atom is -0.469 e. The van der Waals surface area contributed by atoms with Gasteiger partial charge in [0.05, 0.1) is 19.6 Å². The van der Waals surface area contributed by atoms with Crippen LogP contribution >= 0.6 is 0 Å². The average molecular weight is 276 g/mol. The lowest BCUT2D eigenvalue weighted by atomic mass is 10.1. The van der Waals surface area contributed by atoms with Gasteiger partial charge >= 0.3 is 5.97 Å². The van der Waals surface area contributed by atoms with Crippen molar-refractivity contribution in [2.24, 2.45) is 5.92 Å². The molecule has 0 aliphatic carbocycles. The minimum absolute atomic E-state index is 0.0302. The number of benzene rings is 1. The molecule has 1 rings (SSSR count). The van der Waals surface area contributed by atoms with E-state index in [-0.39, 0.29) is 18.5 Å². The van der Waals surface area contributed by atoms with Gasteiger partial charge in [0.1, 0.15) is 11.5 Å². The first kappa shape index (κ1) is 16.0. The third-order valence-corrected chi connectivity index (χ3v) is 2.72. The largest absolute Gasteiger partial charge is 0.469 e. The first-order chi connectivity index (χ1) is 9.60. The molecule has 0 spiro atoms. The molecule has 4 nitrogen and oxygen atoms in total. The lowest BCUT2D eigenvalue weighted by molar-refractivity contribution is -0.143. The Bertz CT molecular complexity index is 503. The summed E-state index contributed by atoms with van der Waals surface area (Å²) in [5, 5.41) is 9.08. The molecule has 0 aliphatic rings. The van der Waals surface area contributed by atoms with Crippen LogP contribution in [0, 0.1) is 5.92 Å². The highest BCUT2D eigenvalue weighted by Gasteiger charge is 2.08. The van der Waals surface area contributed by atoms with Gasteiger partial charge in [-0.15, -0.1) is 0 Å². The van der Waals surface area contributed by atoms with Crippen LogP contribution in [0.5, 0.6) is 5.75 Å². The molecule has 0 aromatic heterocycles. The van der Waals surface area contributed by atoms with Gasteiger partial charge in [0.15, 0.2) is 0 Å². The number of methoxy groups -OCH3 is 1. The maximum absolute atomic E-state index is 11.3. The molecule has 0 saturated heterocycles. The molecule has 1 aromatic carbocycles. The molecule has 20 heavy (non-hydrogen) atoms. The molecular weight excluding hydrogens is 256 g/mol. The fourth-order valence-electron chi connectivity index (χ4n) is 1.54. The highest BCUT2D eigenvalue weighted by Crippen LogP contribution is 2.17. The summed E-state index contributed by atoms with van der Waals surface area (Å²) in [5.41, 5.74) is 0.782. The van der Waals surface area contributed by atoms with Crippen molar-refractivity contribution < 1.29 is 19.4 Å². The predicted octanol–water partition coefficient (Wildman–Crippen LogP) is 2.83. The highest BCUT2D eigenvalue weighted by atomic mass is 16.5. The van der Waals surface area contributed by atoms with E-state index in [1.54, 1.807) is 37.3 Å². The molecule has 1 aromatic rings. The molecule has 0 radical (unpaired) electrons. The van der Waals surface area contributed by atoms with Crippen molar-refractivity contribution >= 4 is 5.97 Å². The number of carbonyl (C=O) groups excluding carboxylic acids is 1. The quantitative estimate of drug-likeness (QED) is 0.493. The van der Waals surface area contributed by atoms with Crippen LogP contribution in [0.25, 0.3) is 0 Å². The van der Waals surface area contributed by atoms with E-state index in [1.807, 2.05) is 19.1 Å². The Labute approximate surface area is 119 Å². The van der Waals surface area contributed by atoms with Crippen LogP contribution in [0.2, 0.25) is 0 Å². The summed E-state index contributed by atoms with van der Waals surface area (Å²) < 4.78 is 10.3. The summed E-state index contributed by atoms with van der Waals surface area (Å²) in [7, 11) is 1.36. The van der Waals surface area contributed by atoms with Gasteiger partial charge in [-0.25, -0.2) is 0 Å². The molecule has 0 amide bonds. The van der Waals surface area contributed by atoms with Crippen molar-refractivity contribution in [3.63, 3.8) is 0 Å². The Kier molecular flexibility index (Phi) is 6.53. The Hall–Kier alpha value is -2.07. The van der Waals surface area contributed by atoms with E-state index in [0.29, 0.717) is 11.5 Å². The van der Waals surface area contributed by atoms with Crippen LogP contribution in [0.1, 0.15) is 19.4 Å². The molecular formula is C16H20O4. The van der Waals surface area contributed by atoms with Gasteiger partial charge in [-0.2, -0.15) is 0 Å². The zero-order chi connectivity index (χ0) is 15.0. The van der Waals surface area contributed by atoms with Crippen LogP contribution in [0.4, 0.5) is 0 Å². The smallest absolute Gasteiger partial charge is 0.312 e. The first-order valence-electron chi connectivity index (χ1n) is 6.40. The first-order valence-corrected chi connectivity index (χ1v) is 6.40. The fourth-order valence-corrected chi connectivity index (χ4v) is 1.54. The molecule has 108 valence electrons. The molecule has 0 fully saturated rings. The SMILES string of the molecule is C/C=C(\C=C/C(C)C(=O)OC)Oc1cccc(CO)c1. The fraction of sp³-hybridized carbons (Fsp3) is 0.312. The van der Waals surface area contributed by atoms with E-state index in [4.69, 9.17) is 9.84 Å². The third kappa shape index (κ3) is 4.90. The summed E-state index contributed by atoms with van der Waals surface area (Å²) in [6, 6.07) is 7.20. The van der Waals surface area contributed by atoms with Gasteiger partial charge in [0, 0.05) is 0 Å². The van der Waals surface area contributed by atoms with Gasteiger partial charge < -0.3 is 14.6 Å². The Morgan fingerprint density at radius 1 is 1.45 bits per heavy atom. The normalized spacial score (nSPS) is 13.3. The molecule has 0 bridgehead atoms. The monoisotopic (exact) mass is 276 g/mol. The Balaban J connectivity index is 2.73. The minimum atomic E-state index is -0.331. The number of rotatable bonds is 6. The molecule has 0 saturated carbocycles. The lowest BCUT2D eigenvalue weighted by Gasteiger charge is -2.08. The van der Waals surface area contributed by atoms with Gasteiger partial charge in [-0.05, 0) is 43.7 Å². The third-order valence-electron chi connectivity index (χ3n) is 2.72. The second-order valence-corrected chi connectivity index (χ2v) is 4.27. The van der Waals surface area contributed by atoms with Crippen LogP contribution in [0.15, 0.2) is 48.3 Å². The van der Waals surface area contributed by atoms with Crippen molar-refractivity contribution in [2.75, 3.05) is 7.11 Å². The van der Waals surface area contributed by atoms with E-state index in [9.17, 15) is 4.79 Å². The van der Waals surface area contributed by atoms with E-state index in [2.05, 4.69) is 4.74 Å². The summed E-state index contributed by atoms with van der Waals surface area (Å²) in [5.74, 6) is 0.636. The number of carbonyl (C=O) groups is 1. The number of aliphatic hydroxyl groups is 1. The van der Waals surface area contributed by atoms with E-state index < -0.39 is 0 Å². The topological polar surface area (TPSA) is 55.8 Å². The number of allylic oxidation sites excluding steroid dienone is 2. The zero-order valence-corrected chi connectivity index (χ0v) is 12.0. The van der Waals surface area contributed by atoms with Crippen molar-refractivity contribution in [3.05, 3.63) is 53.8 Å². The lowest BCUT2D eigenvalue weighted by Crippen LogP contribution is -2.10. The average Bonchev–Trinajstić information content (AvgIpc) is 2.50.